The molecule has 2 aromatic heterocycles. The van der Waals surface area contributed by atoms with E-state index in [1.807, 2.05) is 6.20 Å². The van der Waals surface area contributed by atoms with Crippen molar-refractivity contribution in [2.45, 2.75) is 33.0 Å². The van der Waals surface area contributed by atoms with Crippen LogP contribution in [0.1, 0.15) is 31.3 Å². The van der Waals surface area contributed by atoms with Crippen LogP contribution in [0.2, 0.25) is 0 Å². The lowest BCUT2D eigenvalue weighted by Crippen LogP contribution is -2.18. The molecule has 0 aliphatic carbocycles. The Morgan fingerprint density at radius 3 is 2.56 bits per heavy atom. The molecule has 0 saturated heterocycles. The summed E-state index contributed by atoms with van der Waals surface area (Å²) in [4.78, 5) is 0. The van der Waals surface area contributed by atoms with Crippen LogP contribution < -0.4 is 5.32 Å². The highest BCUT2D eigenvalue weighted by Gasteiger charge is 2.05. The number of nitrogens with one attached hydrogen (secondary N) is 1. The van der Waals surface area contributed by atoms with Crippen LogP contribution in [0, 0.1) is 0 Å². The van der Waals surface area contributed by atoms with Crippen molar-refractivity contribution in [3.63, 3.8) is 0 Å². The second kappa shape index (κ2) is 6.61. The Morgan fingerprint density at radius 1 is 1.22 bits per heavy atom. The average Bonchev–Trinajstić information content (AvgIpc) is 2.88. The Bertz CT molecular complexity index is 473. The molecule has 0 spiro atoms. The molecule has 0 aromatic carbocycles. The monoisotopic (exact) mass is 268 g/mol. The lowest BCUT2D eigenvalue weighted by atomic mass is 10.3. The van der Waals surface area contributed by atoms with Crippen molar-refractivity contribution in [3.05, 3.63) is 42.0 Å². The third kappa shape index (κ3) is 3.37. The zero-order valence-electron chi connectivity index (χ0n) is 11.1. The third-order valence-electron chi connectivity index (χ3n) is 2.90. The molecule has 2 aromatic rings. The predicted molar refractivity (Wildman–Crippen MR) is 75.8 cm³/mol. The van der Waals surface area contributed by atoms with Gasteiger partial charge in [-0.25, -0.2) is 0 Å². The van der Waals surface area contributed by atoms with Gasteiger partial charge in [0.15, 0.2) is 0 Å². The molecular formula is C13H21ClN4. The van der Waals surface area contributed by atoms with Crippen molar-refractivity contribution < 1.29 is 0 Å². The van der Waals surface area contributed by atoms with Gasteiger partial charge in [0, 0.05) is 44.3 Å². The van der Waals surface area contributed by atoms with Gasteiger partial charge in [-0.05, 0) is 32.0 Å². The number of hydrogen-bond acceptors (Lipinski definition) is 2. The maximum atomic E-state index is 4.32. The van der Waals surface area contributed by atoms with Gasteiger partial charge >= 0.3 is 0 Å². The van der Waals surface area contributed by atoms with Crippen LogP contribution in [-0.4, -0.2) is 14.3 Å². The number of aromatic nitrogens is 3. The second-order valence-electron chi connectivity index (χ2n) is 4.57. The Morgan fingerprint density at radius 2 is 1.94 bits per heavy atom. The van der Waals surface area contributed by atoms with E-state index < -0.39 is 0 Å². The van der Waals surface area contributed by atoms with Crippen molar-refractivity contribution in [1.82, 2.24) is 19.7 Å². The molecule has 0 amide bonds. The zero-order valence-corrected chi connectivity index (χ0v) is 11.9. The van der Waals surface area contributed by atoms with Gasteiger partial charge in [-0.15, -0.1) is 12.4 Å². The Hall–Kier alpha value is -1.26. The van der Waals surface area contributed by atoms with E-state index in [4.69, 9.17) is 0 Å². The van der Waals surface area contributed by atoms with Crippen LogP contribution in [0.3, 0.4) is 0 Å². The van der Waals surface area contributed by atoms with Gasteiger partial charge in [-0.3, -0.25) is 4.68 Å². The molecule has 5 heteroatoms. The molecule has 100 valence electrons. The molecular weight excluding hydrogens is 248 g/mol. The van der Waals surface area contributed by atoms with Crippen LogP contribution in [0.15, 0.2) is 30.6 Å². The first-order valence-electron chi connectivity index (χ1n) is 6.02. The van der Waals surface area contributed by atoms with Gasteiger partial charge in [-0.1, -0.05) is 0 Å². The number of aryl methyl sites for hydroxylation is 1. The molecule has 0 aliphatic heterocycles. The number of nitrogens with zero attached hydrogens (tertiary/aromatic N) is 3. The van der Waals surface area contributed by atoms with E-state index in [9.17, 15) is 0 Å². The van der Waals surface area contributed by atoms with Crippen molar-refractivity contribution >= 4 is 12.4 Å². The third-order valence-corrected chi connectivity index (χ3v) is 2.90. The maximum Gasteiger partial charge on any atom is 0.0525 e. The first-order valence-corrected chi connectivity index (χ1v) is 6.02. The summed E-state index contributed by atoms with van der Waals surface area (Å²) in [5.74, 6) is 0. The highest BCUT2D eigenvalue weighted by atomic mass is 35.5. The Balaban J connectivity index is 0.00000162. The zero-order chi connectivity index (χ0) is 12.3. The fraction of sp³-hybridized carbons (Fsp3) is 0.462. The molecule has 0 unspecified atom stereocenters. The summed E-state index contributed by atoms with van der Waals surface area (Å²) in [6.45, 7) is 6.03. The summed E-state index contributed by atoms with van der Waals surface area (Å²) in [5.41, 5.74) is 2.52. The fourth-order valence-corrected chi connectivity index (χ4v) is 1.95. The standard InChI is InChI=1S/C13H20N4.ClH/c1-11(2)17-13(6-7-15-17)10-14-9-12-5-4-8-16(12)3;/h4-8,11,14H,9-10H2,1-3H3;1H. The highest BCUT2D eigenvalue weighted by molar-refractivity contribution is 5.85. The van der Waals surface area contributed by atoms with E-state index in [2.05, 4.69) is 65.0 Å². The lowest BCUT2D eigenvalue weighted by molar-refractivity contribution is 0.493. The molecule has 0 aliphatic rings. The second-order valence-corrected chi connectivity index (χ2v) is 4.57. The van der Waals surface area contributed by atoms with Crippen LogP contribution in [-0.2, 0) is 20.1 Å². The maximum absolute atomic E-state index is 4.32. The first kappa shape index (κ1) is 14.8. The molecule has 18 heavy (non-hydrogen) atoms. The van der Waals surface area contributed by atoms with E-state index in [-0.39, 0.29) is 12.4 Å². The average molecular weight is 269 g/mol. The van der Waals surface area contributed by atoms with E-state index in [0.29, 0.717) is 6.04 Å². The van der Waals surface area contributed by atoms with Crippen molar-refractivity contribution in [3.8, 4) is 0 Å². The summed E-state index contributed by atoms with van der Waals surface area (Å²) in [6, 6.07) is 6.68. The predicted octanol–water partition coefficient (Wildman–Crippen LogP) is 2.51. The molecule has 0 radical (unpaired) electrons. The normalized spacial score (nSPS) is 10.7. The van der Waals surface area contributed by atoms with Gasteiger partial charge in [0.05, 0.1) is 5.69 Å². The Labute approximate surface area is 114 Å². The van der Waals surface area contributed by atoms with Gasteiger partial charge in [0.1, 0.15) is 0 Å². The van der Waals surface area contributed by atoms with Gasteiger partial charge in [-0.2, -0.15) is 5.10 Å². The highest BCUT2D eigenvalue weighted by Crippen LogP contribution is 2.08. The fourth-order valence-electron chi connectivity index (χ4n) is 1.95. The minimum atomic E-state index is 0. The minimum Gasteiger partial charge on any atom is -0.353 e. The van der Waals surface area contributed by atoms with Crippen LogP contribution in [0.4, 0.5) is 0 Å². The topological polar surface area (TPSA) is 34.8 Å². The summed E-state index contributed by atoms with van der Waals surface area (Å²) < 4.78 is 4.19. The summed E-state index contributed by atoms with van der Waals surface area (Å²) >= 11 is 0. The van der Waals surface area contributed by atoms with E-state index in [1.54, 1.807) is 0 Å². The number of hydrogen-bond donors (Lipinski definition) is 1. The van der Waals surface area contributed by atoms with Crippen LogP contribution in [0.5, 0.6) is 0 Å². The summed E-state index contributed by atoms with van der Waals surface area (Å²) in [6.07, 6.45) is 3.93. The summed E-state index contributed by atoms with van der Waals surface area (Å²) in [5, 5.41) is 7.76. The van der Waals surface area contributed by atoms with Crippen LogP contribution >= 0.6 is 12.4 Å². The quantitative estimate of drug-likeness (QED) is 0.904. The first-order chi connectivity index (χ1) is 8.18. The molecule has 1 N–H and O–H groups in total. The van der Waals surface area contributed by atoms with Crippen molar-refractivity contribution in [2.24, 2.45) is 7.05 Å². The van der Waals surface area contributed by atoms with E-state index in [1.165, 1.54) is 11.4 Å². The molecule has 2 rings (SSSR count). The van der Waals surface area contributed by atoms with Gasteiger partial charge in [0.25, 0.3) is 0 Å². The van der Waals surface area contributed by atoms with Gasteiger partial charge < -0.3 is 9.88 Å². The molecule has 0 atom stereocenters. The molecule has 0 bridgehead atoms. The molecule has 4 nitrogen and oxygen atoms in total. The van der Waals surface area contributed by atoms with E-state index >= 15 is 0 Å². The number of rotatable bonds is 5. The minimum absolute atomic E-state index is 0. The Kier molecular flexibility index (Phi) is 5.44. The molecule has 0 saturated carbocycles. The van der Waals surface area contributed by atoms with E-state index in [0.717, 1.165) is 13.1 Å². The summed E-state index contributed by atoms with van der Waals surface area (Å²) in [7, 11) is 2.06. The lowest BCUT2D eigenvalue weighted by Gasteiger charge is -2.11. The van der Waals surface area contributed by atoms with Gasteiger partial charge in [0.2, 0.25) is 0 Å². The molecule has 2 heterocycles. The SMILES string of the molecule is CC(C)n1nccc1CNCc1cccn1C.Cl. The smallest absolute Gasteiger partial charge is 0.0525 e. The largest absolute Gasteiger partial charge is 0.353 e. The van der Waals surface area contributed by atoms with Crippen molar-refractivity contribution in [2.75, 3.05) is 0 Å². The van der Waals surface area contributed by atoms with Crippen LogP contribution in [0.25, 0.3) is 0 Å². The molecule has 0 fully saturated rings. The number of halogens is 1. The van der Waals surface area contributed by atoms with Crippen molar-refractivity contribution in [1.29, 1.82) is 0 Å².